The SMILES string of the molecule is CCN(Cc1ccccc1Cl)C(=O)C1=C(c2ccc(OCCOc3c(Cl)cc(F)cc3Cl)cc2)CCNC1.O=CO. The highest BCUT2D eigenvalue weighted by Crippen LogP contribution is 2.34. The zero-order valence-electron chi connectivity index (χ0n) is 22.3. The number of carbonyl (C=O) groups is 2. The normalized spacial score (nSPS) is 12.7. The fourth-order valence-electron chi connectivity index (χ4n) is 4.28. The number of carbonyl (C=O) groups excluding carboxylic acids is 1. The molecule has 218 valence electrons. The zero-order valence-corrected chi connectivity index (χ0v) is 24.6. The van der Waals surface area contributed by atoms with Gasteiger partial charge in [-0.1, -0.05) is 65.1 Å². The molecule has 4 rings (SSSR count). The summed E-state index contributed by atoms with van der Waals surface area (Å²) in [5, 5.41) is 11.1. The Bertz CT molecular complexity index is 1350. The third-order valence-corrected chi connectivity index (χ3v) is 7.16. The number of nitrogens with zero attached hydrogens (tertiary/aromatic N) is 1. The molecule has 0 bridgehead atoms. The highest BCUT2D eigenvalue weighted by Gasteiger charge is 2.24. The van der Waals surface area contributed by atoms with E-state index in [0.717, 1.165) is 47.4 Å². The number of likely N-dealkylation sites (N-methyl/N-ethyl adjacent to an activating group) is 1. The van der Waals surface area contributed by atoms with Crippen molar-refractivity contribution in [3.63, 3.8) is 0 Å². The van der Waals surface area contributed by atoms with Crippen molar-refractivity contribution in [2.45, 2.75) is 19.9 Å². The highest BCUT2D eigenvalue weighted by molar-refractivity contribution is 6.37. The molecule has 0 spiro atoms. The van der Waals surface area contributed by atoms with E-state index in [1.807, 2.05) is 60.4 Å². The molecule has 1 heterocycles. The lowest BCUT2D eigenvalue weighted by Gasteiger charge is -2.27. The summed E-state index contributed by atoms with van der Waals surface area (Å²) in [6.07, 6.45) is 0.748. The second-order valence-corrected chi connectivity index (χ2v) is 10.0. The van der Waals surface area contributed by atoms with Crippen LogP contribution in [0.1, 0.15) is 24.5 Å². The molecule has 3 aromatic rings. The number of carboxylic acid groups (broad SMARTS) is 1. The van der Waals surface area contributed by atoms with Crippen molar-refractivity contribution >= 4 is 52.8 Å². The van der Waals surface area contributed by atoms with Gasteiger partial charge < -0.3 is 24.8 Å². The van der Waals surface area contributed by atoms with E-state index in [1.54, 1.807) is 0 Å². The summed E-state index contributed by atoms with van der Waals surface area (Å²) in [7, 11) is 0. The van der Waals surface area contributed by atoms with E-state index in [1.165, 1.54) is 0 Å². The molecule has 0 aliphatic carbocycles. The third-order valence-electron chi connectivity index (χ3n) is 6.23. The van der Waals surface area contributed by atoms with Crippen LogP contribution in [0.15, 0.2) is 66.2 Å². The second kappa shape index (κ2) is 16.2. The average molecular weight is 624 g/mol. The molecule has 7 nitrogen and oxygen atoms in total. The van der Waals surface area contributed by atoms with E-state index in [4.69, 9.17) is 54.2 Å². The Balaban J connectivity index is 0.00000147. The maximum absolute atomic E-state index is 13.6. The van der Waals surface area contributed by atoms with Crippen LogP contribution < -0.4 is 14.8 Å². The highest BCUT2D eigenvalue weighted by atomic mass is 35.5. The molecule has 0 aromatic heterocycles. The van der Waals surface area contributed by atoms with E-state index < -0.39 is 5.82 Å². The molecule has 41 heavy (non-hydrogen) atoms. The first-order chi connectivity index (χ1) is 19.8. The van der Waals surface area contributed by atoms with Crippen LogP contribution >= 0.6 is 34.8 Å². The molecule has 1 amide bonds. The van der Waals surface area contributed by atoms with Gasteiger partial charge in [0, 0.05) is 30.2 Å². The molecule has 3 aromatic carbocycles. The van der Waals surface area contributed by atoms with E-state index in [0.29, 0.717) is 30.4 Å². The molecule has 0 saturated carbocycles. The minimum atomic E-state index is -0.527. The van der Waals surface area contributed by atoms with Crippen LogP contribution in [0.25, 0.3) is 5.57 Å². The van der Waals surface area contributed by atoms with Crippen LogP contribution in [0.3, 0.4) is 0 Å². The van der Waals surface area contributed by atoms with Gasteiger partial charge in [-0.15, -0.1) is 0 Å². The lowest BCUT2D eigenvalue weighted by atomic mass is 9.93. The number of rotatable bonds is 10. The van der Waals surface area contributed by atoms with Gasteiger partial charge in [0.1, 0.15) is 24.8 Å². The van der Waals surface area contributed by atoms with Gasteiger partial charge in [-0.05, 0) is 66.9 Å². The molecule has 11 heteroatoms. The molecule has 0 unspecified atom stereocenters. The molecule has 0 atom stereocenters. The standard InChI is InChI=1S/C29H28Cl3FN2O3.CH2O2/c1-2-35(18-20-5-3-4-6-25(20)30)29(36)24-17-34-12-11-23(24)19-7-9-22(10-8-19)37-13-14-38-28-26(31)15-21(33)16-27(28)32;2-1-3/h3-10,15-16,34H,2,11-14,17-18H2,1H3;1H,(H,2,3). The van der Waals surface area contributed by atoms with Gasteiger partial charge in [0.15, 0.2) is 5.75 Å². The van der Waals surface area contributed by atoms with Gasteiger partial charge in [0.05, 0.1) is 10.0 Å². The number of amides is 1. The van der Waals surface area contributed by atoms with Crippen molar-refractivity contribution in [3.8, 4) is 11.5 Å². The van der Waals surface area contributed by atoms with Crippen LogP contribution in [0.4, 0.5) is 4.39 Å². The number of halogens is 4. The maximum Gasteiger partial charge on any atom is 0.290 e. The quantitative estimate of drug-likeness (QED) is 0.192. The lowest BCUT2D eigenvalue weighted by molar-refractivity contribution is -0.127. The monoisotopic (exact) mass is 622 g/mol. The predicted octanol–water partition coefficient (Wildman–Crippen LogP) is 6.74. The van der Waals surface area contributed by atoms with Crippen molar-refractivity contribution in [3.05, 3.63) is 98.2 Å². The smallest absolute Gasteiger partial charge is 0.290 e. The molecule has 1 aliphatic rings. The third kappa shape index (κ3) is 9.10. The molecular weight excluding hydrogens is 594 g/mol. The second-order valence-electron chi connectivity index (χ2n) is 8.82. The summed E-state index contributed by atoms with van der Waals surface area (Å²) in [5.41, 5.74) is 3.70. The molecule has 0 fully saturated rings. The molecule has 2 N–H and O–H groups in total. The van der Waals surface area contributed by atoms with Gasteiger partial charge in [-0.25, -0.2) is 4.39 Å². The van der Waals surface area contributed by atoms with E-state index >= 15 is 0 Å². The Morgan fingerprint density at radius 2 is 1.66 bits per heavy atom. The molecule has 0 radical (unpaired) electrons. The number of nitrogens with one attached hydrogen (secondary N) is 1. The van der Waals surface area contributed by atoms with Crippen molar-refractivity contribution in [2.75, 3.05) is 32.8 Å². The first kappa shape index (κ1) is 32.2. The Morgan fingerprint density at radius 3 is 2.29 bits per heavy atom. The first-order valence-electron chi connectivity index (χ1n) is 12.8. The minimum Gasteiger partial charge on any atom is -0.490 e. The maximum atomic E-state index is 13.6. The Kier molecular flexibility index (Phi) is 12.7. The number of hydrogen-bond acceptors (Lipinski definition) is 5. The van der Waals surface area contributed by atoms with Gasteiger partial charge in [0.2, 0.25) is 0 Å². The van der Waals surface area contributed by atoms with Crippen molar-refractivity contribution in [1.29, 1.82) is 0 Å². The summed E-state index contributed by atoms with van der Waals surface area (Å²) in [5.74, 6) is 0.356. The molecule has 1 aliphatic heterocycles. The fraction of sp³-hybridized carbons (Fsp3) is 0.267. The average Bonchev–Trinajstić information content (AvgIpc) is 2.96. The number of ether oxygens (including phenoxy) is 2. The van der Waals surface area contributed by atoms with Crippen LogP contribution in [-0.4, -0.2) is 55.2 Å². The van der Waals surface area contributed by atoms with Crippen molar-refractivity contribution in [2.24, 2.45) is 0 Å². The Morgan fingerprint density at radius 1 is 1.02 bits per heavy atom. The van der Waals surface area contributed by atoms with Crippen molar-refractivity contribution < 1.29 is 28.6 Å². The fourth-order valence-corrected chi connectivity index (χ4v) is 5.05. The lowest BCUT2D eigenvalue weighted by Crippen LogP contribution is -2.37. The van der Waals surface area contributed by atoms with E-state index in [9.17, 15) is 9.18 Å². The van der Waals surface area contributed by atoms with Crippen LogP contribution in [-0.2, 0) is 16.1 Å². The summed E-state index contributed by atoms with van der Waals surface area (Å²) in [4.78, 5) is 23.7. The van der Waals surface area contributed by atoms with Gasteiger partial charge in [-0.3, -0.25) is 9.59 Å². The number of hydrogen-bond donors (Lipinski definition) is 2. The summed E-state index contributed by atoms with van der Waals surface area (Å²) < 4.78 is 24.7. The number of benzene rings is 3. The van der Waals surface area contributed by atoms with Crippen LogP contribution in [0, 0.1) is 5.82 Å². The topological polar surface area (TPSA) is 88.1 Å². The van der Waals surface area contributed by atoms with Gasteiger partial charge in [-0.2, -0.15) is 0 Å². The first-order valence-corrected chi connectivity index (χ1v) is 14.0. The molecular formula is C30H30Cl3FN2O5. The summed E-state index contributed by atoms with van der Waals surface area (Å²) in [6, 6.07) is 17.5. The van der Waals surface area contributed by atoms with E-state index in [-0.39, 0.29) is 41.4 Å². The Labute approximate surface area is 253 Å². The van der Waals surface area contributed by atoms with Crippen LogP contribution in [0.5, 0.6) is 11.5 Å². The van der Waals surface area contributed by atoms with Gasteiger partial charge >= 0.3 is 0 Å². The zero-order chi connectivity index (χ0) is 29.8. The summed E-state index contributed by atoms with van der Waals surface area (Å²) >= 11 is 18.3. The molecule has 0 saturated heterocycles. The summed E-state index contributed by atoms with van der Waals surface area (Å²) in [6.45, 7) is 4.48. The largest absolute Gasteiger partial charge is 0.490 e. The predicted molar refractivity (Wildman–Crippen MR) is 159 cm³/mol. The Hall–Kier alpha value is -3.30. The minimum absolute atomic E-state index is 0.00482. The van der Waals surface area contributed by atoms with Gasteiger partial charge in [0.25, 0.3) is 12.4 Å². The van der Waals surface area contributed by atoms with Crippen molar-refractivity contribution in [1.82, 2.24) is 10.2 Å². The van der Waals surface area contributed by atoms with E-state index in [2.05, 4.69) is 5.32 Å². The van der Waals surface area contributed by atoms with Crippen LogP contribution in [0.2, 0.25) is 15.1 Å².